The van der Waals surface area contributed by atoms with Crippen molar-refractivity contribution in [2.24, 2.45) is 10.8 Å². The Morgan fingerprint density at radius 1 is 1.18 bits per heavy atom. The van der Waals surface area contributed by atoms with Crippen LogP contribution in [0.3, 0.4) is 0 Å². The Kier molecular flexibility index (Phi) is 5.27. The molecule has 1 aliphatic carbocycles. The number of hydrogen-bond donors (Lipinski definition) is 3. The molecule has 9 nitrogen and oxygen atoms in total. The SMILES string of the molecule is CNC(=O)N1CCC2(CC1)C[C@H]2NC(=O)Nc1cc(-c2cnn3c2CC(C)(C)C3)c(Cl)cn1. The minimum atomic E-state index is -0.271. The molecule has 10 heteroatoms. The molecule has 1 saturated carbocycles. The number of pyridine rings is 1. The summed E-state index contributed by atoms with van der Waals surface area (Å²) in [6, 6.07) is 1.63. The molecule has 2 aromatic heterocycles. The average molecular weight is 472 g/mol. The molecule has 3 N–H and O–H groups in total. The van der Waals surface area contributed by atoms with Crippen LogP contribution in [0.25, 0.3) is 11.1 Å². The van der Waals surface area contributed by atoms with Crippen molar-refractivity contribution in [3.05, 3.63) is 29.2 Å². The van der Waals surface area contributed by atoms with Crippen LogP contribution in [0.2, 0.25) is 5.02 Å². The number of carbonyl (C=O) groups excluding carboxylic acids is 2. The molecule has 1 spiro atoms. The van der Waals surface area contributed by atoms with Crippen molar-refractivity contribution < 1.29 is 9.59 Å². The lowest BCUT2D eigenvalue weighted by atomic mass is 9.89. The number of amides is 4. The molecule has 2 fully saturated rings. The summed E-state index contributed by atoms with van der Waals surface area (Å²) in [5, 5.41) is 13.7. The fourth-order valence-corrected chi connectivity index (χ4v) is 5.52. The average Bonchev–Trinajstić information content (AvgIpc) is 3.10. The van der Waals surface area contributed by atoms with Crippen LogP contribution >= 0.6 is 11.6 Å². The van der Waals surface area contributed by atoms with Gasteiger partial charge < -0.3 is 15.5 Å². The molecule has 5 rings (SSSR count). The highest BCUT2D eigenvalue weighted by Crippen LogP contribution is 2.53. The highest BCUT2D eigenvalue weighted by atomic mass is 35.5. The van der Waals surface area contributed by atoms with Gasteiger partial charge in [0.2, 0.25) is 0 Å². The van der Waals surface area contributed by atoms with Crippen molar-refractivity contribution >= 4 is 29.5 Å². The van der Waals surface area contributed by atoms with Crippen molar-refractivity contribution in [1.29, 1.82) is 0 Å². The molecule has 2 aliphatic heterocycles. The van der Waals surface area contributed by atoms with E-state index in [4.69, 9.17) is 11.6 Å². The molecule has 0 unspecified atom stereocenters. The van der Waals surface area contributed by atoms with E-state index in [0.717, 1.165) is 49.0 Å². The van der Waals surface area contributed by atoms with Crippen LogP contribution in [0.5, 0.6) is 0 Å². The smallest absolute Gasteiger partial charge is 0.320 e. The summed E-state index contributed by atoms with van der Waals surface area (Å²) in [7, 11) is 1.65. The van der Waals surface area contributed by atoms with Gasteiger partial charge in [-0.15, -0.1) is 0 Å². The maximum absolute atomic E-state index is 12.7. The van der Waals surface area contributed by atoms with E-state index in [2.05, 4.69) is 39.9 Å². The van der Waals surface area contributed by atoms with Gasteiger partial charge in [-0.3, -0.25) is 10.00 Å². The number of fused-ring (bicyclic) bond motifs is 1. The van der Waals surface area contributed by atoms with Crippen LogP contribution in [0, 0.1) is 10.8 Å². The van der Waals surface area contributed by atoms with Gasteiger partial charge in [-0.05, 0) is 42.6 Å². The first kappa shape index (κ1) is 22.0. The number of hydrogen-bond acceptors (Lipinski definition) is 4. The maximum Gasteiger partial charge on any atom is 0.320 e. The van der Waals surface area contributed by atoms with E-state index in [0.29, 0.717) is 23.9 Å². The summed E-state index contributed by atoms with van der Waals surface area (Å²) in [5.74, 6) is 0.452. The Bertz CT molecular complexity index is 1100. The predicted octanol–water partition coefficient (Wildman–Crippen LogP) is 3.50. The van der Waals surface area contributed by atoms with Gasteiger partial charge in [0.05, 0.1) is 11.2 Å². The monoisotopic (exact) mass is 471 g/mol. The Morgan fingerprint density at radius 2 is 1.94 bits per heavy atom. The van der Waals surface area contributed by atoms with E-state index in [1.54, 1.807) is 13.2 Å². The van der Waals surface area contributed by atoms with Crippen LogP contribution in [0.4, 0.5) is 15.4 Å². The molecule has 0 bridgehead atoms. The highest BCUT2D eigenvalue weighted by molar-refractivity contribution is 6.33. The number of nitrogens with zero attached hydrogens (tertiary/aromatic N) is 4. The van der Waals surface area contributed by atoms with E-state index in [1.165, 1.54) is 0 Å². The van der Waals surface area contributed by atoms with Crippen molar-refractivity contribution in [2.75, 3.05) is 25.5 Å². The van der Waals surface area contributed by atoms with E-state index in [1.807, 2.05) is 21.8 Å². The number of carbonyl (C=O) groups is 2. The van der Waals surface area contributed by atoms with Gasteiger partial charge in [-0.2, -0.15) is 5.10 Å². The predicted molar refractivity (Wildman–Crippen MR) is 126 cm³/mol. The zero-order valence-electron chi connectivity index (χ0n) is 19.2. The standard InChI is InChI=1S/C23H30ClN7O2/c1-22(2)9-17-15(11-27-31(17)13-22)14-8-19(26-12-16(14)24)29-20(32)28-18-10-23(18)4-6-30(7-5-23)21(33)25-3/h8,11-12,18H,4-7,9-10,13H2,1-3H3,(H,25,33)(H2,26,28,29,32)/t18-/m1/s1. The van der Waals surface area contributed by atoms with Gasteiger partial charge in [0.1, 0.15) is 5.82 Å². The van der Waals surface area contributed by atoms with E-state index in [9.17, 15) is 9.59 Å². The molecule has 0 radical (unpaired) electrons. The van der Waals surface area contributed by atoms with Crippen molar-refractivity contribution in [1.82, 2.24) is 30.3 Å². The van der Waals surface area contributed by atoms with Gasteiger partial charge in [-0.1, -0.05) is 25.4 Å². The van der Waals surface area contributed by atoms with Gasteiger partial charge in [0.25, 0.3) is 0 Å². The lowest BCUT2D eigenvalue weighted by Crippen LogP contribution is -2.45. The fourth-order valence-electron chi connectivity index (χ4n) is 5.31. The Labute approximate surface area is 198 Å². The Hall–Kier alpha value is -2.81. The zero-order valence-corrected chi connectivity index (χ0v) is 20.0. The van der Waals surface area contributed by atoms with E-state index in [-0.39, 0.29) is 28.9 Å². The van der Waals surface area contributed by atoms with Gasteiger partial charge in [0.15, 0.2) is 0 Å². The molecule has 0 aromatic carbocycles. The summed E-state index contributed by atoms with van der Waals surface area (Å²) in [5.41, 5.74) is 3.24. The zero-order chi connectivity index (χ0) is 23.4. The summed E-state index contributed by atoms with van der Waals surface area (Å²) in [6.45, 7) is 6.76. The molecule has 4 heterocycles. The van der Waals surface area contributed by atoms with E-state index < -0.39 is 0 Å². The molecule has 3 aliphatic rings. The third kappa shape index (κ3) is 4.14. The second kappa shape index (κ2) is 7.90. The molecule has 1 saturated heterocycles. The minimum Gasteiger partial charge on any atom is -0.341 e. The normalized spacial score (nSPS) is 22.1. The summed E-state index contributed by atoms with van der Waals surface area (Å²) >= 11 is 6.47. The first-order valence-electron chi connectivity index (χ1n) is 11.4. The number of aromatic nitrogens is 3. The number of rotatable bonds is 3. The van der Waals surface area contributed by atoms with Crippen LogP contribution in [0.1, 0.15) is 38.8 Å². The largest absolute Gasteiger partial charge is 0.341 e. The molecule has 4 amide bonds. The first-order valence-corrected chi connectivity index (χ1v) is 11.8. The van der Waals surface area contributed by atoms with Crippen LogP contribution in [-0.4, -0.2) is 57.9 Å². The van der Waals surface area contributed by atoms with Crippen LogP contribution < -0.4 is 16.0 Å². The van der Waals surface area contributed by atoms with Crippen molar-refractivity contribution in [3.63, 3.8) is 0 Å². The van der Waals surface area contributed by atoms with Gasteiger partial charge in [0, 0.05) is 55.7 Å². The van der Waals surface area contributed by atoms with Gasteiger partial charge in [-0.25, -0.2) is 14.6 Å². The number of anilines is 1. The lowest BCUT2D eigenvalue weighted by Gasteiger charge is -2.32. The maximum atomic E-state index is 12.7. The topological polar surface area (TPSA) is 104 Å². The van der Waals surface area contributed by atoms with Crippen LogP contribution in [-0.2, 0) is 13.0 Å². The third-order valence-electron chi connectivity index (χ3n) is 7.31. The number of piperidine rings is 1. The summed E-state index contributed by atoms with van der Waals surface area (Å²) < 4.78 is 2.04. The Balaban J connectivity index is 1.22. The van der Waals surface area contributed by atoms with Crippen molar-refractivity contribution in [3.8, 4) is 11.1 Å². The summed E-state index contributed by atoms with van der Waals surface area (Å²) in [4.78, 5) is 30.6. The molecular formula is C23H30ClN7O2. The molecule has 176 valence electrons. The number of nitrogens with one attached hydrogen (secondary N) is 3. The quantitative estimate of drug-likeness (QED) is 0.637. The molecule has 33 heavy (non-hydrogen) atoms. The number of urea groups is 2. The molecular weight excluding hydrogens is 442 g/mol. The van der Waals surface area contributed by atoms with Crippen LogP contribution in [0.15, 0.2) is 18.5 Å². The number of halogens is 1. The fraction of sp³-hybridized carbons (Fsp3) is 0.565. The second-order valence-electron chi connectivity index (χ2n) is 10.3. The third-order valence-corrected chi connectivity index (χ3v) is 7.62. The highest BCUT2D eigenvalue weighted by Gasteiger charge is 2.56. The van der Waals surface area contributed by atoms with Gasteiger partial charge >= 0.3 is 12.1 Å². The number of likely N-dealkylation sites (tertiary alicyclic amines) is 1. The first-order chi connectivity index (χ1) is 15.7. The lowest BCUT2D eigenvalue weighted by molar-refractivity contribution is 0.163. The Morgan fingerprint density at radius 3 is 2.67 bits per heavy atom. The van der Waals surface area contributed by atoms with E-state index >= 15 is 0 Å². The minimum absolute atomic E-state index is 0.0370. The second-order valence-corrected chi connectivity index (χ2v) is 10.7. The molecule has 1 atom stereocenters. The van der Waals surface area contributed by atoms with Crippen molar-refractivity contribution in [2.45, 2.75) is 52.1 Å². The summed E-state index contributed by atoms with van der Waals surface area (Å²) in [6.07, 6.45) is 7.08. The molecule has 2 aromatic rings.